The van der Waals surface area contributed by atoms with Crippen LogP contribution in [0.4, 0.5) is 0 Å². The van der Waals surface area contributed by atoms with E-state index < -0.39 is 11.4 Å². The van der Waals surface area contributed by atoms with Crippen molar-refractivity contribution in [2.75, 3.05) is 0 Å². The number of benzene rings is 1. The number of rotatable bonds is 1. The average Bonchev–Trinajstić information content (AvgIpc) is 2.38. The molecule has 0 spiro atoms. The quantitative estimate of drug-likeness (QED) is 0.823. The summed E-state index contributed by atoms with van der Waals surface area (Å²) in [7, 11) is 0. The molecule has 92 valence electrons. The fraction of sp³-hybridized carbons (Fsp3) is 0.333. The molecule has 1 aromatic rings. The largest absolute Gasteiger partial charge is 0.481 e. The molecule has 0 aromatic heterocycles. The van der Waals surface area contributed by atoms with Gasteiger partial charge in [0.1, 0.15) is 0 Å². The van der Waals surface area contributed by atoms with Crippen LogP contribution >= 0.6 is 0 Å². The Morgan fingerprint density at radius 2 is 1.89 bits per heavy atom. The number of carboxylic acids is 1. The lowest BCUT2D eigenvalue weighted by Crippen LogP contribution is -2.38. The molecule has 1 aromatic carbocycles. The molecule has 0 heterocycles. The van der Waals surface area contributed by atoms with E-state index in [2.05, 4.69) is 0 Å². The summed E-state index contributed by atoms with van der Waals surface area (Å²) in [6.07, 6.45) is 3.70. The molecule has 1 N–H and O–H groups in total. The molecular weight excluding hydrogens is 228 g/mol. The lowest BCUT2D eigenvalue weighted by atomic mass is 9.63. The van der Waals surface area contributed by atoms with Crippen molar-refractivity contribution in [2.24, 2.45) is 5.41 Å². The van der Waals surface area contributed by atoms with Crippen molar-refractivity contribution < 1.29 is 14.7 Å². The van der Waals surface area contributed by atoms with Crippen LogP contribution in [0.1, 0.15) is 30.4 Å². The minimum absolute atomic E-state index is 0.0404. The number of aliphatic carboxylic acids is 1. The minimum Gasteiger partial charge on any atom is -0.481 e. The summed E-state index contributed by atoms with van der Waals surface area (Å²) in [6, 6.07) is 7.80. The standard InChI is InChI=1S/C15H14O3/c16-11-6-8-15(14(17)18)7-5-10-3-1-2-4-12(10)13(15)9-11/h1-4,9H,5-8H2,(H,17,18)/t15-/m1/s1. The van der Waals surface area contributed by atoms with Crippen molar-refractivity contribution >= 4 is 17.3 Å². The number of allylic oxidation sites excluding steroid dienone is 1. The average molecular weight is 242 g/mol. The van der Waals surface area contributed by atoms with Gasteiger partial charge in [-0.15, -0.1) is 0 Å². The first-order valence-electron chi connectivity index (χ1n) is 6.20. The van der Waals surface area contributed by atoms with Gasteiger partial charge in [0.25, 0.3) is 0 Å². The highest BCUT2D eigenvalue weighted by Crippen LogP contribution is 2.50. The summed E-state index contributed by atoms with van der Waals surface area (Å²) in [6.45, 7) is 0. The van der Waals surface area contributed by atoms with Crippen LogP contribution in [0.2, 0.25) is 0 Å². The summed E-state index contributed by atoms with van der Waals surface area (Å²) in [5.74, 6) is -0.755. The van der Waals surface area contributed by atoms with Crippen LogP contribution < -0.4 is 0 Å². The molecule has 0 aliphatic heterocycles. The third-order valence-corrected chi connectivity index (χ3v) is 4.16. The Morgan fingerprint density at radius 1 is 1.17 bits per heavy atom. The Bertz CT molecular complexity index is 571. The SMILES string of the molecule is O=C1C=C2c3ccccc3CC[C@@]2(C(=O)O)CC1. The van der Waals surface area contributed by atoms with E-state index in [1.54, 1.807) is 6.08 Å². The van der Waals surface area contributed by atoms with E-state index in [4.69, 9.17) is 0 Å². The maximum absolute atomic E-state index is 11.7. The Morgan fingerprint density at radius 3 is 2.67 bits per heavy atom. The predicted molar refractivity (Wildman–Crippen MR) is 67.0 cm³/mol. The maximum atomic E-state index is 11.7. The van der Waals surface area contributed by atoms with Gasteiger partial charge in [0.15, 0.2) is 5.78 Å². The molecule has 0 fully saturated rings. The second-order valence-corrected chi connectivity index (χ2v) is 5.07. The number of carbonyl (C=O) groups excluding carboxylic acids is 1. The van der Waals surface area contributed by atoms with Crippen LogP contribution in [0.5, 0.6) is 0 Å². The molecule has 0 saturated heterocycles. The van der Waals surface area contributed by atoms with E-state index in [0.29, 0.717) is 24.8 Å². The molecule has 3 rings (SSSR count). The van der Waals surface area contributed by atoms with Crippen LogP contribution in [0.3, 0.4) is 0 Å². The zero-order chi connectivity index (χ0) is 12.8. The van der Waals surface area contributed by atoms with Gasteiger partial charge in [0.2, 0.25) is 0 Å². The second-order valence-electron chi connectivity index (χ2n) is 5.07. The van der Waals surface area contributed by atoms with E-state index in [1.807, 2.05) is 24.3 Å². The van der Waals surface area contributed by atoms with E-state index in [9.17, 15) is 14.7 Å². The number of fused-ring (bicyclic) bond motifs is 3. The van der Waals surface area contributed by atoms with Gasteiger partial charge in [-0.25, -0.2) is 0 Å². The van der Waals surface area contributed by atoms with Crippen LogP contribution in [0.15, 0.2) is 30.3 Å². The normalized spacial score (nSPS) is 26.0. The van der Waals surface area contributed by atoms with E-state index in [0.717, 1.165) is 17.5 Å². The fourth-order valence-electron chi connectivity index (χ4n) is 3.12. The van der Waals surface area contributed by atoms with Gasteiger partial charge in [0, 0.05) is 6.42 Å². The van der Waals surface area contributed by atoms with Crippen LogP contribution in [-0.2, 0) is 16.0 Å². The number of carboxylic acid groups (broad SMARTS) is 1. The van der Waals surface area contributed by atoms with Crippen molar-refractivity contribution in [3.63, 3.8) is 0 Å². The first kappa shape index (κ1) is 11.2. The highest BCUT2D eigenvalue weighted by atomic mass is 16.4. The second kappa shape index (κ2) is 3.80. The smallest absolute Gasteiger partial charge is 0.314 e. The van der Waals surface area contributed by atoms with E-state index in [1.165, 1.54) is 0 Å². The highest BCUT2D eigenvalue weighted by molar-refractivity contribution is 6.06. The number of hydrogen-bond donors (Lipinski definition) is 1. The molecule has 0 amide bonds. The van der Waals surface area contributed by atoms with Crippen LogP contribution in [0.25, 0.3) is 5.57 Å². The zero-order valence-electron chi connectivity index (χ0n) is 9.98. The van der Waals surface area contributed by atoms with Gasteiger partial charge >= 0.3 is 5.97 Å². The monoisotopic (exact) mass is 242 g/mol. The zero-order valence-corrected chi connectivity index (χ0v) is 9.98. The summed E-state index contributed by atoms with van der Waals surface area (Å²) in [5.41, 5.74) is 1.96. The third kappa shape index (κ3) is 1.43. The van der Waals surface area contributed by atoms with Crippen LogP contribution in [0, 0.1) is 5.41 Å². The molecule has 2 aliphatic carbocycles. The first-order valence-corrected chi connectivity index (χ1v) is 6.20. The van der Waals surface area contributed by atoms with Crippen molar-refractivity contribution in [3.8, 4) is 0 Å². The molecule has 18 heavy (non-hydrogen) atoms. The lowest BCUT2D eigenvalue weighted by molar-refractivity contribution is -0.146. The van der Waals surface area contributed by atoms with E-state index >= 15 is 0 Å². The van der Waals surface area contributed by atoms with Gasteiger partial charge in [-0.05, 0) is 42.0 Å². The predicted octanol–water partition coefficient (Wildman–Crippen LogP) is 2.45. The summed E-state index contributed by atoms with van der Waals surface area (Å²) in [5, 5.41) is 9.58. The summed E-state index contributed by atoms with van der Waals surface area (Å²) >= 11 is 0. The molecule has 0 saturated carbocycles. The molecular formula is C15H14O3. The molecule has 1 atom stereocenters. The molecule has 3 nitrogen and oxygen atoms in total. The Kier molecular flexibility index (Phi) is 2.37. The fourth-order valence-corrected chi connectivity index (χ4v) is 3.12. The molecule has 0 bridgehead atoms. The minimum atomic E-state index is -0.845. The van der Waals surface area contributed by atoms with Gasteiger partial charge in [-0.3, -0.25) is 9.59 Å². The Balaban J connectivity index is 2.23. The van der Waals surface area contributed by atoms with Crippen molar-refractivity contribution in [1.29, 1.82) is 0 Å². The first-order chi connectivity index (χ1) is 8.63. The van der Waals surface area contributed by atoms with Gasteiger partial charge in [-0.2, -0.15) is 0 Å². The Hall–Kier alpha value is -1.90. The molecule has 0 unspecified atom stereocenters. The van der Waals surface area contributed by atoms with E-state index in [-0.39, 0.29) is 5.78 Å². The Labute approximate surface area is 105 Å². The third-order valence-electron chi connectivity index (χ3n) is 4.16. The summed E-state index contributed by atoms with van der Waals surface area (Å²) < 4.78 is 0. The summed E-state index contributed by atoms with van der Waals surface area (Å²) in [4.78, 5) is 23.3. The highest BCUT2D eigenvalue weighted by Gasteiger charge is 2.47. The van der Waals surface area contributed by atoms with Gasteiger partial charge in [0.05, 0.1) is 5.41 Å². The molecule has 3 heteroatoms. The van der Waals surface area contributed by atoms with Crippen molar-refractivity contribution in [3.05, 3.63) is 41.5 Å². The number of carbonyl (C=O) groups is 2. The number of aryl methyl sites for hydroxylation is 1. The maximum Gasteiger partial charge on any atom is 0.314 e. The molecule has 2 aliphatic rings. The number of ketones is 1. The molecule has 0 radical (unpaired) electrons. The lowest BCUT2D eigenvalue weighted by Gasteiger charge is -2.39. The van der Waals surface area contributed by atoms with Crippen LogP contribution in [-0.4, -0.2) is 16.9 Å². The number of hydrogen-bond acceptors (Lipinski definition) is 2. The van der Waals surface area contributed by atoms with Crippen molar-refractivity contribution in [1.82, 2.24) is 0 Å². The van der Waals surface area contributed by atoms with Crippen molar-refractivity contribution in [2.45, 2.75) is 25.7 Å². The van der Waals surface area contributed by atoms with Gasteiger partial charge < -0.3 is 5.11 Å². The van der Waals surface area contributed by atoms with Gasteiger partial charge in [-0.1, -0.05) is 24.3 Å². The topological polar surface area (TPSA) is 54.4 Å².